The summed E-state index contributed by atoms with van der Waals surface area (Å²) in [5.41, 5.74) is 3.85. The van der Waals surface area contributed by atoms with Crippen molar-refractivity contribution in [1.82, 2.24) is 20.2 Å². The van der Waals surface area contributed by atoms with E-state index in [1.54, 1.807) is 29.9 Å². The molecule has 2 aromatic carbocycles. The smallest absolute Gasteiger partial charge is 0.229 e. The van der Waals surface area contributed by atoms with Gasteiger partial charge in [0, 0.05) is 35.6 Å². The van der Waals surface area contributed by atoms with E-state index >= 15 is 0 Å². The Bertz CT molecular complexity index is 1640. The van der Waals surface area contributed by atoms with Crippen molar-refractivity contribution in [3.05, 3.63) is 96.4 Å². The fraction of sp³-hybridized carbons (Fsp3) is 0.0370. The molecule has 0 fully saturated rings. The number of carbonyl (C=O) groups excluding carboxylic acids is 1. The summed E-state index contributed by atoms with van der Waals surface area (Å²) in [6.07, 6.45) is 7.36. The quantitative estimate of drug-likeness (QED) is 0.298. The summed E-state index contributed by atoms with van der Waals surface area (Å²) in [7, 11) is 0. The second-order valence-corrected chi connectivity index (χ2v) is 8.95. The van der Waals surface area contributed by atoms with E-state index in [0.717, 1.165) is 43.4 Å². The zero-order chi connectivity index (χ0) is 23.6. The molecule has 0 radical (unpaired) electrons. The first-order valence-corrected chi connectivity index (χ1v) is 11.9. The molecule has 8 heteroatoms. The Morgan fingerprint density at radius 2 is 1.86 bits per heavy atom. The molecular formula is C27H19N5O2S. The average molecular weight is 478 g/mol. The van der Waals surface area contributed by atoms with Crippen molar-refractivity contribution in [3.63, 3.8) is 0 Å². The fourth-order valence-electron chi connectivity index (χ4n) is 3.90. The minimum absolute atomic E-state index is 0.133. The molecule has 7 nitrogen and oxygen atoms in total. The van der Waals surface area contributed by atoms with Gasteiger partial charge in [-0.25, -0.2) is 4.98 Å². The molecule has 6 aromatic rings. The van der Waals surface area contributed by atoms with Gasteiger partial charge in [-0.15, -0.1) is 11.3 Å². The van der Waals surface area contributed by atoms with E-state index in [9.17, 15) is 4.79 Å². The van der Waals surface area contributed by atoms with Crippen LogP contribution in [0.15, 0.2) is 90.8 Å². The topological polar surface area (TPSA) is 92.8 Å². The molecule has 0 saturated carbocycles. The number of rotatable bonds is 6. The number of aromatic amines is 1. The first kappa shape index (κ1) is 21.0. The molecule has 1 amide bonds. The van der Waals surface area contributed by atoms with Crippen LogP contribution in [0.4, 0.5) is 5.82 Å². The number of amides is 1. The van der Waals surface area contributed by atoms with Gasteiger partial charge in [0.25, 0.3) is 0 Å². The number of benzene rings is 2. The van der Waals surface area contributed by atoms with Gasteiger partial charge in [0.1, 0.15) is 17.3 Å². The summed E-state index contributed by atoms with van der Waals surface area (Å²) in [6, 6.07) is 19.3. The summed E-state index contributed by atoms with van der Waals surface area (Å²) in [4.78, 5) is 21.4. The second-order valence-electron chi connectivity index (χ2n) is 8.03. The van der Waals surface area contributed by atoms with Crippen molar-refractivity contribution in [2.75, 3.05) is 5.32 Å². The van der Waals surface area contributed by atoms with Gasteiger partial charge in [0.15, 0.2) is 0 Å². The molecule has 35 heavy (non-hydrogen) atoms. The van der Waals surface area contributed by atoms with Crippen LogP contribution in [0.3, 0.4) is 0 Å². The number of H-pyrrole nitrogens is 1. The van der Waals surface area contributed by atoms with Crippen LogP contribution in [0.5, 0.6) is 11.5 Å². The maximum absolute atomic E-state index is 12.7. The Labute approximate surface area is 204 Å². The van der Waals surface area contributed by atoms with E-state index in [1.165, 1.54) is 0 Å². The molecule has 4 aromatic heterocycles. The molecular weight excluding hydrogens is 458 g/mol. The molecule has 0 saturated heterocycles. The molecule has 4 heterocycles. The number of thiophene rings is 1. The Hall–Kier alpha value is -4.56. The van der Waals surface area contributed by atoms with Crippen LogP contribution in [0, 0.1) is 0 Å². The zero-order valence-corrected chi connectivity index (χ0v) is 19.3. The highest BCUT2D eigenvalue weighted by atomic mass is 32.1. The van der Waals surface area contributed by atoms with E-state index in [0.29, 0.717) is 11.6 Å². The van der Waals surface area contributed by atoms with Gasteiger partial charge in [0.05, 0.1) is 22.8 Å². The van der Waals surface area contributed by atoms with Crippen LogP contribution in [0.2, 0.25) is 0 Å². The lowest BCUT2D eigenvalue weighted by molar-refractivity contribution is -0.115. The third-order valence-electron chi connectivity index (χ3n) is 5.64. The van der Waals surface area contributed by atoms with Crippen LogP contribution in [-0.4, -0.2) is 26.1 Å². The maximum atomic E-state index is 12.7. The summed E-state index contributed by atoms with van der Waals surface area (Å²) in [5, 5.41) is 13.7. The van der Waals surface area contributed by atoms with Crippen molar-refractivity contribution in [1.29, 1.82) is 0 Å². The van der Waals surface area contributed by atoms with Gasteiger partial charge in [-0.1, -0.05) is 24.3 Å². The minimum Gasteiger partial charge on any atom is -0.456 e. The number of fused-ring (bicyclic) bond motifs is 2. The lowest BCUT2D eigenvalue weighted by Gasteiger charge is -2.09. The molecule has 170 valence electrons. The SMILES string of the molecule is O=C(Cc1ccc(Oc2ccnc3ccsc23)cc1)Nc1cc2cc(-c3cn[nH]c3)ccc2cn1. The molecule has 0 spiro atoms. The van der Waals surface area contributed by atoms with Crippen LogP contribution in [-0.2, 0) is 11.2 Å². The van der Waals surface area contributed by atoms with E-state index in [-0.39, 0.29) is 12.3 Å². The number of anilines is 1. The molecule has 0 aliphatic heterocycles. The van der Waals surface area contributed by atoms with E-state index in [1.807, 2.05) is 66.2 Å². The summed E-state index contributed by atoms with van der Waals surface area (Å²) >= 11 is 1.60. The number of pyridine rings is 2. The highest BCUT2D eigenvalue weighted by Gasteiger charge is 2.09. The van der Waals surface area contributed by atoms with Crippen LogP contribution in [0.25, 0.3) is 32.1 Å². The standard InChI is InChI=1S/C27H19N5O2S/c33-26(32-25-13-20-12-18(21-15-30-31-16-21)3-4-19(20)14-29-25)11-17-1-5-22(6-2-17)34-24-7-9-28-23-8-10-35-27(23)24/h1-10,12-16H,11H2,(H,30,31)(H,29,32,33). The average Bonchev–Trinajstić information content (AvgIpc) is 3.58. The lowest BCUT2D eigenvalue weighted by Crippen LogP contribution is -2.15. The van der Waals surface area contributed by atoms with Gasteiger partial charge in [-0.3, -0.25) is 14.9 Å². The number of ether oxygens (including phenoxy) is 1. The van der Waals surface area contributed by atoms with E-state index in [4.69, 9.17) is 4.74 Å². The van der Waals surface area contributed by atoms with Gasteiger partial charge < -0.3 is 10.1 Å². The lowest BCUT2D eigenvalue weighted by atomic mass is 10.1. The summed E-state index contributed by atoms with van der Waals surface area (Å²) in [5.74, 6) is 1.86. The third-order valence-corrected chi connectivity index (χ3v) is 6.56. The van der Waals surface area contributed by atoms with Crippen molar-refractivity contribution in [2.24, 2.45) is 0 Å². The van der Waals surface area contributed by atoms with E-state index < -0.39 is 0 Å². The summed E-state index contributed by atoms with van der Waals surface area (Å²) < 4.78 is 7.05. The minimum atomic E-state index is -0.133. The number of hydrogen-bond acceptors (Lipinski definition) is 6. The van der Waals surface area contributed by atoms with Crippen molar-refractivity contribution >= 4 is 44.1 Å². The predicted octanol–water partition coefficient (Wildman–Crippen LogP) is 6.21. The number of nitrogens with zero attached hydrogens (tertiary/aromatic N) is 3. The highest BCUT2D eigenvalue weighted by molar-refractivity contribution is 7.17. The highest BCUT2D eigenvalue weighted by Crippen LogP contribution is 2.32. The molecule has 0 aliphatic carbocycles. The fourth-order valence-corrected chi connectivity index (χ4v) is 4.70. The van der Waals surface area contributed by atoms with Gasteiger partial charge in [-0.2, -0.15) is 5.10 Å². The predicted molar refractivity (Wildman–Crippen MR) is 138 cm³/mol. The third kappa shape index (κ3) is 4.47. The second kappa shape index (κ2) is 9.00. The molecule has 0 atom stereocenters. The Morgan fingerprint density at radius 1 is 0.943 bits per heavy atom. The number of carbonyl (C=O) groups is 1. The van der Waals surface area contributed by atoms with Gasteiger partial charge >= 0.3 is 0 Å². The number of nitrogens with one attached hydrogen (secondary N) is 2. The molecule has 2 N–H and O–H groups in total. The number of aromatic nitrogens is 4. The van der Waals surface area contributed by atoms with Crippen LogP contribution in [0.1, 0.15) is 5.56 Å². The van der Waals surface area contributed by atoms with Gasteiger partial charge in [0.2, 0.25) is 5.91 Å². The van der Waals surface area contributed by atoms with Crippen LogP contribution < -0.4 is 10.1 Å². The monoisotopic (exact) mass is 477 g/mol. The molecule has 6 rings (SSSR count). The van der Waals surface area contributed by atoms with Crippen LogP contribution >= 0.6 is 11.3 Å². The number of hydrogen-bond donors (Lipinski definition) is 2. The normalized spacial score (nSPS) is 11.1. The molecule has 0 unspecified atom stereocenters. The first-order valence-electron chi connectivity index (χ1n) is 11.0. The van der Waals surface area contributed by atoms with Crippen molar-refractivity contribution in [2.45, 2.75) is 6.42 Å². The van der Waals surface area contributed by atoms with Gasteiger partial charge in [-0.05, 0) is 52.2 Å². The first-order chi connectivity index (χ1) is 17.2. The largest absolute Gasteiger partial charge is 0.456 e. The Kier molecular flexibility index (Phi) is 5.40. The zero-order valence-electron chi connectivity index (χ0n) is 18.4. The Morgan fingerprint density at radius 3 is 2.71 bits per heavy atom. The van der Waals surface area contributed by atoms with Crippen molar-refractivity contribution in [3.8, 4) is 22.6 Å². The summed E-state index contributed by atoms with van der Waals surface area (Å²) in [6.45, 7) is 0. The molecule has 0 bridgehead atoms. The van der Waals surface area contributed by atoms with E-state index in [2.05, 4.69) is 31.5 Å². The molecule has 0 aliphatic rings. The maximum Gasteiger partial charge on any atom is 0.229 e. The van der Waals surface area contributed by atoms with Crippen molar-refractivity contribution < 1.29 is 9.53 Å². The Balaban J connectivity index is 1.13.